The van der Waals surface area contributed by atoms with Crippen LogP contribution in [0, 0.1) is 5.82 Å². The van der Waals surface area contributed by atoms with Crippen molar-refractivity contribution in [3.05, 3.63) is 52.6 Å². The van der Waals surface area contributed by atoms with Crippen molar-refractivity contribution < 1.29 is 13.9 Å². The zero-order chi connectivity index (χ0) is 17.4. The normalized spacial score (nSPS) is 18.1. The van der Waals surface area contributed by atoms with E-state index in [9.17, 15) is 9.18 Å². The highest BCUT2D eigenvalue weighted by molar-refractivity contribution is 5.94. The predicted molar refractivity (Wildman–Crippen MR) is 89.5 cm³/mol. The van der Waals surface area contributed by atoms with Crippen molar-refractivity contribution in [3.8, 4) is 0 Å². The quantitative estimate of drug-likeness (QED) is 0.915. The molecule has 1 aromatic heterocycles. The molecule has 0 saturated carbocycles. The van der Waals surface area contributed by atoms with Crippen LogP contribution in [0.4, 0.5) is 4.39 Å². The molecular weight excluding hydrogens is 323 g/mol. The highest BCUT2D eigenvalue weighted by Crippen LogP contribution is 2.23. The molecule has 132 valence electrons. The first-order valence-electron chi connectivity index (χ1n) is 8.50. The number of fused-ring (bicyclic) bond motifs is 1. The van der Waals surface area contributed by atoms with Crippen LogP contribution in [0.5, 0.6) is 0 Å². The van der Waals surface area contributed by atoms with E-state index in [1.54, 1.807) is 23.1 Å². The molecule has 0 aliphatic carbocycles. The lowest BCUT2D eigenvalue weighted by Gasteiger charge is -2.38. The number of carbonyl (C=O) groups is 1. The van der Waals surface area contributed by atoms with E-state index in [2.05, 4.69) is 15.1 Å². The maximum Gasteiger partial charge on any atom is 0.274 e. The molecule has 0 atom stereocenters. The number of nitrogens with one attached hydrogen (secondary N) is 1. The third-order valence-corrected chi connectivity index (χ3v) is 4.89. The lowest BCUT2D eigenvalue weighted by atomic mass is 10.0. The molecule has 0 radical (unpaired) electrons. The summed E-state index contributed by atoms with van der Waals surface area (Å²) >= 11 is 0. The first-order chi connectivity index (χ1) is 12.1. The Kier molecular flexibility index (Phi) is 4.27. The number of rotatable bonds is 4. The van der Waals surface area contributed by atoms with E-state index in [0.29, 0.717) is 24.3 Å². The Morgan fingerprint density at radius 3 is 3.00 bits per heavy atom. The largest absolute Gasteiger partial charge is 0.370 e. The van der Waals surface area contributed by atoms with E-state index >= 15 is 0 Å². The third kappa shape index (κ3) is 3.17. The number of hydrogen-bond donors (Lipinski definition) is 1. The minimum Gasteiger partial charge on any atom is -0.370 e. The van der Waals surface area contributed by atoms with Gasteiger partial charge in [-0.05, 0) is 13.1 Å². The highest BCUT2D eigenvalue weighted by atomic mass is 19.1. The van der Waals surface area contributed by atoms with Gasteiger partial charge < -0.3 is 14.5 Å². The molecule has 0 bridgehead atoms. The molecule has 7 heteroatoms. The molecule has 1 aromatic carbocycles. The fourth-order valence-corrected chi connectivity index (χ4v) is 3.29. The second-order valence-corrected chi connectivity index (χ2v) is 6.75. The Balaban J connectivity index is 1.33. The standard InChI is InChI=1S/C18H21FN4O2/c1-22-7-6-16-14(10-22)17(21-20-16)18(24)23-8-13(9-23)25-11-12-4-2-3-5-15(12)19/h2-5,13H,6-11H2,1H3,(H,20,21). The highest BCUT2D eigenvalue weighted by Gasteiger charge is 2.35. The Hall–Kier alpha value is -2.25. The summed E-state index contributed by atoms with van der Waals surface area (Å²) in [6.45, 7) is 2.98. The van der Waals surface area contributed by atoms with Crippen LogP contribution in [-0.2, 0) is 24.3 Å². The topological polar surface area (TPSA) is 61.5 Å². The molecule has 1 fully saturated rings. The SMILES string of the molecule is CN1CCc2[nH]nc(C(=O)N3CC(OCc4ccccc4F)C3)c2C1. The maximum atomic E-state index is 13.6. The van der Waals surface area contributed by atoms with Gasteiger partial charge in [0.2, 0.25) is 0 Å². The van der Waals surface area contributed by atoms with Crippen LogP contribution in [-0.4, -0.2) is 58.7 Å². The van der Waals surface area contributed by atoms with Gasteiger partial charge in [-0.1, -0.05) is 18.2 Å². The van der Waals surface area contributed by atoms with Gasteiger partial charge >= 0.3 is 0 Å². The number of halogens is 1. The molecule has 1 amide bonds. The number of aromatic amines is 1. The average Bonchev–Trinajstić information content (AvgIpc) is 2.97. The second kappa shape index (κ2) is 6.57. The van der Waals surface area contributed by atoms with Crippen LogP contribution in [0.15, 0.2) is 24.3 Å². The van der Waals surface area contributed by atoms with Crippen LogP contribution in [0.25, 0.3) is 0 Å². The van der Waals surface area contributed by atoms with Gasteiger partial charge in [0.25, 0.3) is 5.91 Å². The molecule has 0 unspecified atom stereocenters. The van der Waals surface area contributed by atoms with E-state index in [4.69, 9.17) is 4.74 Å². The lowest BCUT2D eigenvalue weighted by Crippen LogP contribution is -2.55. The number of benzene rings is 1. The zero-order valence-corrected chi connectivity index (χ0v) is 14.2. The first-order valence-corrected chi connectivity index (χ1v) is 8.50. The minimum atomic E-state index is -0.262. The summed E-state index contributed by atoms with van der Waals surface area (Å²) in [7, 11) is 2.04. The van der Waals surface area contributed by atoms with Crippen LogP contribution in [0.1, 0.15) is 27.3 Å². The van der Waals surface area contributed by atoms with Gasteiger partial charge in [-0.2, -0.15) is 5.10 Å². The lowest BCUT2D eigenvalue weighted by molar-refractivity contribution is -0.0512. The Morgan fingerprint density at radius 1 is 1.40 bits per heavy atom. The van der Waals surface area contributed by atoms with E-state index in [1.165, 1.54) is 6.07 Å². The summed E-state index contributed by atoms with van der Waals surface area (Å²) in [5.41, 5.74) is 3.13. The van der Waals surface area contributed by atoms with Crippen molar-refractivity contribution >= 4 is 5.91 Å². The summed E-state index contributed by atoms with van der Waals surface area (Å²) in [5, 5.41) is 7.23. The van der Waals surface area contributed by atoms with Crippen molar-refractivity contribution in [3.63, 3.8) is 0 Å². The Bertz CT molecular complexity index is 785. The summed E-state index contributed by atoms with van der Waals surface area (Å²) in [6.07, 6.45) is 0.835. The fourth-order valence-electron chi connectivity index (χ4n) is 3.29. The summed E-state index contributed by atoms with van der Waals surface area (Å²) in [5.74, 6) is -0.319. The molecule has 0 spiro atoms. The van der Waals surface area contributed by atoms with Crippen LogP contribution in [0.3, 0.4) is 0 Å². The van der Waals surface area contributed by atoms with E-state index in [-0.39, 0.29) is 24.4 Å². The predicted octanol–water partition coefficient (Wildman–Crippen LogP) is 1.58. The Labute approximate surface area is 145 Å². The van der Waals surface area contributed by atoms with Gasteiger partial charge in [0.05, 0.1) is 12.7 Å². The van der Waals surface area contributed by atoms with E-state index in [1.807, 2.05) is 7.05 Å². The van der Waals surface area contributed by atoms with E-state index < -0.39 is 0 Å². The molecule has 6 nitrogen and oxygen atoms in total. The number of likely N-dealkylation sites (tertiary alicyclic amines) is 1. The number of aromatic nitrogens is 2. The van der Waals surface area contributed by atoms with Crippen molar-refractivity contribution in [2.24, 2.45) is 0 Å². The smallest absolute Gasteiger partial charge is 0.274 e. The molecule has 2 aromatic rings. The van der Waals surface area contributed by atoms with Crippen molar-refractivity contribution in [1.82, 2.24) is 20.0 Å². The third-order valence-electron chi connectivity index (χ3n) is 4.89. The van der Waals surface area contributed by atoms with Crippen molar-refractivity contribution in [2.45, 2.75) is 25.7 Å². The molecule has 1 saturated heterocycles. The fraction of sp³-hybridized carbons (Fsp3) is 0.444. The van der Waals surface area contributed by atoms with Gasteiger partial charge in [-0.15, -0.1) is 0 Å². The first kappa shape index (κ1) is 16.2. The monoisotopic (exact) mass is 344 g/mol. The number of hydrogen-bond acceptors (Lipinski definition) is 4. The zero-order valence-electron chi connectivity index (χ0n) is 14.2. The number of ether oxygens (including phenoxy) is 1. The molecule has 2 aliphatic rings. The molecule has 2 aliphatic heterocycles. The molecule has 25 heavy (non-hydrogen) atoms. The summed E-state index contributed by atoms with van der Waals surface area (Å²) in [4.78, 5) is 16.6. The van der Waals surface area contributed by atoms with Gasteiger partial charge in [-0.3, -0.25) is 9.89 Å². The summed E-state index contributed by atoms with van der Waals surface area (Å²) < 4.78 is 19.3. The second-order valence-electron chi connectivity index (χ2n) is 6.75. The number of H-pyrrole nitrogens is 1. The average molecular weight is 344 g/mol. The number of nitrogens with zero attached hydrogens (tertiary/aromatic N) is 3. The Morgan fingerprint density at radius 2 is 2.20 bits per heavy atom. The van der Waals surface area contributed by atoms with Crippen LogP contribution < -0.4 is 0 Å². The molecular formula is C18H21FN4O2. The van der Waals surface area contributed by atoms with Crippen molar-refractivity contribution in [1.29, 1.82) is 0 Å². The molecule has 4 rings (SSSR count). The number of carbonyl (C=O) groups excluding carboxylic acids is 1. The molecule has 3 heterocycles. The van der Waals surface area contributed by atoms with Crippen molar-refractivity contribution in [2.75, 3.05) is 26.7 Å². The van der Waals surface area contributed by atoms with Gasteiger partial charge in [0.1, 0.15) is 5.82 Å². The van der Waals surface area contributed by atoms with Gasteiger partial charge in [0.15, 0.2) is 5.69 Å². The maximum absolute atomic E-state index is 13.6. The number of amides is 1. The van der Waals surface area contributed by atoms with Gasteiger partial charge in [0, 0.05) is 49.4 Å². The minimum absolute atomic E-state index is 0.0546. The summed E-state index contributed by atoms with van der Waals surface area (Å²) in [6, 6.07) is 6.58. The van der Waals surface area contributed by atoms with Crippen LogP contribution in [0.2, 0.25) is 0 Å². The molecule has 1 N–H and O–H groups in total. The van der Waals surface area contributed by atoms with Crippen LogP contribution >= 0.6 is 0 Å². The number of likely N-dealkylation sites (N-methyl/N-ethyl adjacent to an activating group) is 1. The van der Waals surface area contributed by atoms with Gasteiger partial charge in [-0.25, -0.2) is 4.39 Å². The van der Waals surface area contributed by atoms with E-state index in [0.717, 1.165) is 30.8 Å².